The van der Waals surface area contributed by atoms with Crippen LogP contribution in [0.3, 0.4) is 0 Å². The maximum absolute atomic E-state index is 13.0. The van der Waals surface area contributed by atoms with E-state index in [1.807, 2.05) is 36.6 Å². The second kappa shape index (κ2) is 9.99. The SMILES string of the molecule is CCOc1ccc(-c2nc(CSCC(=O)Nc3ccccc3C(F)(F)F)cs2)cc1. The van der Waals surface area contributed by atoms with Gasteiger partial charge in [0.25, 0.3) is 0 Å². The summed E-state index contributed by atoms with van der Waals surface area (Å²) in [5, 5.41) is 5.11. The van der Waals surface area contributed by atoms with Crippen molar-refractivity contribution in [3.05, 3.63) is 65.2 Å². The minimum absolute atomic E-state index is 0.0299. The first-order chi connectivity index (χ1) is 14.4. The highest BCUT2D eigenvalue weighted by Gasteiger charge is 2.33. The summed E-state index contributed by atoms with van der Waals surface area (Å²) in [6.45, 7) is 2.53. The number of hydrogen-bond acceptors (Lipinski definition) is 5. The van der Waals surface area contributed by atoms with Crippen LogP contribution in [0.4, 0.5) is 18.9 Å². The van der Waals surface area contributed by atoms with E-state index < -0.39 is 17.6 Å². The van der Waals surface area contributed by atoms with E-state index in [0.29, 0.717) is 12.4 Å². The van der Waals surface area contributed by atoms with E-state index in [1.54, 1.807) is 0 Å². The first kappa shape index (κ1) is 22.2. The molecule has 1 amide bonds. The molecule has 1 heterocycles. The van der Waals surface area contributed by atoms with E-state index in [2.05, 4.69) is 10.3 Å². The topological polar surface area (TPSA) is 51.2 Å². The number of thiazole rings is 1. The Labute approximate surface area is 180 Å². The summed E-state index contributed by atoms with van der Waals surface area (Å²) in [5.41, 5.74) is 0.698. The Morgan fingerprint density at radius 2 is 1.90 bits per heavy atom. The number of rotatable bonds is 8. The number of amides is 1. The van der Waals surface area contributed by atoms with Gasteiger partial charge in [0.2, 0.25) is 5.91 Å². The van der Waals surface area contributed by atoms with E-state index >= 15 is 0 Å². The molecule has 0 unspecified atom stereocenters. The molecule has 0 aliphatic rings. The maximum Gasteiger partial charge on any atom is 0.418 e. The normalized spacial score (nSPS) is 11.3. The molecule has 9 heteroatoms. The van der Waals surface area contributed by atoms with Crippen molar-refractivity contribution >= 4 is 34.7 Å². The second-order valence-corrected chi connectivity index (χ2v) is 8.03. The van der Waals surface area contributed by atoms with Crippen molar-refractivity contribution in [2.45, 2.75) is 18.9 Å². The van der Waals surface area contributed by atoms with Gasteiger partial charge in [-0.1, -0.05) is 12.1 Å². The highest BCUT2D eigenvalue weighted by molar-refractivity contribution is 7.99. The molecule has 4 nitrogen and oxygen atoms in total. The van der Waals surface area contributed by atoms with E-state index in [1.165, 1.54) is 41.3 Å². The monoisotopic (exact) mass is 452 g/mol. The van der Waals surface area contributed by atoms with Crippen LogP contribution in [0.2, 0.25) is 0 Å². The highest BCUT2D eigenvalue weighted by Crippen LogP contribution is 2.34. The van der Waals surface area contributed by atoms with E-state index in [9.17, 15) is 18.0 Å². The van der Waals surface area contributed by atoms with Crippen LogP contribution in [0.5, 0.6) is 5.75 Å². The van der Waals surface area contributed by atoms with E-state index in [4.69, 9.17) is 4.74 Å². The lowest BCUT2D eigenvalue weighted by Crippen LogP contribution is -2.18. The van der Waals surface area contributed by atoms with Crippen LogP contribution in [-0.2, 0) is 16.7 Å². The van der Waals surface area contributed by atoms with Crippen LogP contribution in [0.1, 0.15) is 18.2 Å². The number of aromatic nitrogens is 1. The Balaban J connectivity index is 1.52. The second-order valence-electron chi connectivity index (χ2n) is 6.19. The molecule has 3 aromatic rings. The first-order valence-electron chi connectivity index (χ1n) is 9.08. The van der Waals surface area contributed by atoms with Crippen LogP contribution in [0, 0.1) is 0 Å². The fraction of sp³-hybridized carbons (Fsp3) is 0.238. The average molecular weight is 453 g/mol. The van der Waals surface area contributed by atoms with Crippen molar-refractivity contribution in [1.82, 2.24) is 4.98 Å². The van der Waals surface area contributed by atoms with Gasteiger partial charge in [-0.15, -0.1) is 23.1 Å². The van der Waals surface area contributed by atoms with Gasteiger partial charge in [-0.3, -0.25) is 4.79 Å². The van der Waals surface area contributed by atoms with Crippen molar-refractivity contribution in [3.8, 4) is 16.3 Å². The largest absolute Gasteiger partial charge is 0.494 e. The summed E-state index contributed by atoms with van der Waals surface area (Å²) < 4.78 is 44.4. The molecular formula is C21H19F3N2O2S2. The number of nitrogens with one attached hydrogen (secondary N) is 1. The molecule has 158 valence electrons. The Morgan fingerprint density at radius 3 is 2.60 bits per heavy atom. The minimum Gasteiger partial charge on any atom is -0.494 e. The molecular weight excluding hydrogens is 433 g/mol. The smallest absolute Gasteiger partial charge is 0.418 e. The predicted molar refractivity (Wildman–Crippen MR) is 115 cm³/mol. The Bertz CT molecular complexity index is 988. The quantitative estimate of drug-likeness (QED) is 0.449. The van der Waals surface area contributed by atoms with Gasteiger partial charge in [0.15, 0.2) is 0 Å². The van der Waals surface area contributed by atoms with Crippen molar-refractivity contribution in [1.29, 1.82) is 0 Å². The van der Waals surface area contributed by atoms with Gasteiger partial charge in [0.1, 0.15) is 10.8 Å². The number of hydrogen-bond donors (Lipinski definition) is 1. The molecule has 0 aliphatic heterocycles. The number of para-hydroxylation sites is 1. The standard InChI is InChI=1S/C21H19F3N2O2S2/c1-2-28-16-9-7-14(8-10-16)20-25-15(12-30-20)11-29-13-19(27)26-18-6-4-3-5-17(18)21(22,23)24/h3-10,12H,2,11,13H2,1H3,(H,26,27). The minimum atomic E-state index is -4.52. The van der Waals surface area contributed by atoms with Gasteiger partial charge in [-0.2, -0.15) is 13.2 Å². The van der Waals surface area contributed by atoms with Crippen LogP contribution in [0.15, 0.2) is 53.9 Å². The molecule has 2 aromatic carbocycles. The molecule has 0 saturated carbocycles. The number of ether oxygens (including phenoxy) is 1. The third-order valence-corrected chi connectivity index (χ3v) is 5.86. The molecule has 30 heavy (non-hydrogen) atoms. The molecule has 1 aromatic heterocycles. The van der Waals surface area contributed by atoms with Gasteiger partial charge in [0, 0.05) is 16.7 Å². The van der Waals surface area contributed by atoms with Crippen LogP contribution in [0.25, 0.3) is 10.6 Å². The number of benzene rings is 2. The zero-order valence-corrected chi connectivity index (χ0v) is 17.7. The Hall–Kier alpha value is -2.52. The van der Waals surface area contributed by atoms with Crippen molar-refractivity contribution in [2.24, 2.45) is 0 Å². The number of nitrogens with zero attached hydrogens (tertiary/aromatic N) is 1. The van der Waals surface area contributed by atoms with E-state index in [0.717, 1.165) is 28.1 Å². The number of anilines is 1. The molecule has 0 fully saturated rings. The summed E-state index contributed by atoms with van der Waals surface area (Å²) in [5.74, 6) is 0.828. The summed E-state index contributed by atoms with van der Waals surface area (Å²) >= 11 is 2.79. The van der Waals surface area contributed by atoms with Crippen molar-refractivity contribution in [2.75, 3.05) is 17.7 Å². The molecule has 0 aliphatic carbocycles. The lowest BCUT2D eigenvalue weighted by Gasteiger charge is -2.13. The van der Waals surface area contributed by atoms with Gasteiger partial charge in [-0.05, 0) is 43.3 Å². The van der Waals surface area contributed by atoms with Gasteiger partial charge in [0.05, 0.1) is 29.3 Å². The third kappa shape index (κ3) is 5.99. The molecule has 1 N–H and O–H groups in total. The summed E-state index contributed by atoms with van der Waals surface area (Å²) in [4.78, 5) is 16.6. The number of halogens is 3. The molecule has 0 radical (unpaired) electrons. The molecule has 0 bridgehead atoms. The Morgan fingerprint density at radius 1 is 1.17 bits per heavy atom. The van der Waals surface area contributed by atoms with Crippen molar-refractivity contribution < 1.29 is 22.7 Å². The molecule has 0 spiro atoms. The summed E-state index contributed by atoms with van der Waals surface area (Å²) in [6, 6.07) is 12.6. The van der Waals surface area contributed by atoms with Crippen LogP contribution >= 0.6 is 23.1 Å². The number of alkyl halides is 3. The van der Waals surface area contributed by atoms with Crippen LogP contribution < -0.4 is 10.1 Å². The zero-order valence-electron chi connectivity index (χ0n) is 16.0. The zero-order chi connectivity index (χ0) is 21.6. The highest BCUT2D eigenvalue weighted by atomic mass is 32.2. The van der Waals surface area contributed by atoms with Gasteiger partial charge < -0.3 is 10.1 Å². The number of thioether (sulfide) groups is 1. The number of carbonyl (C=O) groups excluding carboxylic acids is 1. The van der Waals surface area contributed by atoms with Gasteiger partial charge in [-0.25, -0.2) is 4.98 Å². The average Bonchev–Trinajstić information content (AvgIpc) is 3.17. The first-order valence-corrected chi connectivity index (χ1v) is 11.1. The van der Waals surface area contributed by atoms with Crippen LogP contribution in [-0.4, -0.2) is 23.3 Å². The third-order valence-electron chi connectivity index (χ3n) is 3.95. The predicted octanol–water partition coefficient (Wildman–Crippen LogP) is 6.10. The van der Waals surface area contributed by atoms with E-state index in [-0.39, 0.29) is 11.4 Å². The summed E-state index contributed by atoms with van der Waals surface area (Å²) in [7, 11) is 0. The van der Waals surface area contributed by atoms with Gasteiger partial charge >= 0.3 is 6.18 Å². The fourth-order valence-electron chi connectivity index (χ4n) is 2.64. The molecule has 3 rings (SSSR count). The summed E-state index contributed by atoms with van der Waals surface area (Å²) in [6.07, 6.45) is -4.52. The van der Waals surface area contributed by atoms with Crippen molar-refractivity contribution in [3.63, 3.8) is 0 Å². The molecule has 0 saturated heterocycles. The lowest BCUT2D eigenvalue weighted by molar-refractivity contribution is -0.137. The lowest BCUT2D eigenvalue weighted by atomic mass is 10.1. The Kier molecular flexibility index (Phi) is 7.38. The molecule has 0 atom stereocenters. The number of carbonyl (C=O) groups is 1. The maximum atomic E-state index is 13.0. The fourth-order valence-corrected chi connectivity index (χ4v) is 4.29.